The Labute approximate surface area is 179 Å². The van der Waals surface area contributed by atoms with Gasteiger partial charge in [0.1, 0.15) is 17.2 Å². The molecule has 0 saturated heterocycles. The number of fused-ring (bicyclic) bond motifs is 1. The molecule has 0 bridgehead atoms. The average molecular weight is 444 g/mol. The van der Waals surface area contributed by atoms with Crippen LogP contribution < -0.4 is 5.32 Å². The molecular formula is C22H16F4N4O2. The number of halogens is 4. The minimum absolute atomic E-state index is 0.0990. The number of alkyl halides is 3. The fraction of sp³-hybridized carbons (Fsp3) is 0.136. The normalized spacial score (nSPS) is 12.7. The molecule has 4 aromatic rings. The molecule has 0 fully saturated rings. The van der Waals surface area contributed by atoms with E-state index in [0.717, 1.165) is 16.6 Å². The van der Waals surface area contributed by atoms with E-state index in [-0.39, 0.29) is 11.5 Å². The molecule has 10 heteroatoms. The molecule has 3 N–H and O–H groups in total. The van der Waals surface area contributed by atoms with E-state index in [0.29, 0.717) is 16.9 Å². The van der Waals surface area contributed by atoms with Crippen LogP contribution in [0.3, 0.4) is 0 Å². The van der Waals surface area contributed by atoms with Gasteiger partial charge in [-0.05, 0) is 54.1 Å². The maximum atomic E-state index is 13.2. The van der Waals surface area contributed by atoms with Gasteiger partial charge in [-0.1, -0.05) is 6.07 Å². The monoisotopic (exact) mass is 444 g/mol. The average Bonchev–Trinajstić information content (AvgIpc) is 3.20. The zero-order valence-corrected chi connectivity index (χ0v) is 16.3. The van der Waals surface area contributed by atoms with Crippen LogP contribution in [0.5, 0.6) is 0 Å². The van der Waals surface area contributed by atoms with Gasteiger partial charge in [0.25, 0.3) is 5.91 Å². The number of nitrogens with zero attached hydrogens (tertiary/aromatic N) is 2. The summed E-state index contributed by atoms with van der Waals surface area (Å²) in [6.45, 7) is -0.975. The van der Waals surface area contributed by atoms with E-state index in [9.17, 15) is 22.4 Å². The number of aromatic amines is 1. The number of pyridine rings is 2. The van der Waals surface area contributed by atoms with Crippen LogP contribution in [0.25, 0.3) is 33.5 Å². The second-order valence-electron chi connectivity index (χ2n) is 7.03. The number of hydrogen-bond acceptors (Lipinski definition) is 4. The molecule has 1 amide bonds. The van der Waals surface area contributed by atoms with Crippen molar-refractivity contribution in [3.8, 4) is 22.5 Å². The highest BCUT2D eigenvalue weighted by Gasteiger charge is 2.38. The van der Waals surface area contributed by atoms with Crippen molar-refractivity contribution in [2.75, 3.05) is 6.54 Å². The molecule has 3 heterocycles. The molecule has 0 aliphatic rings. The summed E-state index contributed by atoms with van der Waals surface area (Å²) in [5.41, 5.74) is 3.01. The lowest BCUT2D eigenvalue weighted by atomic mass is 10.1. The summed E-state index contributed by atoms with van der Waals surface area (Å²) in [5, 5.41) is 11.8. The van der Waals surface area contributed by atoms with Gasteiger partial charge in [0, 0.05) is 22.8 Å². The first-order chi connectivity index (χ1) is 15.2. The Morgan fingerprint density at radius 1 is 1.09 bits per heavy atom. The van der Waals surface area contributed by atoms with E-state index in [1.165, 1.54) is 18.2 Å². The van der Waals surface area contributed by atoms with E-state index in [2.05, 4.69) is 15.0 Å². The Morgan fingerprint density at radius 3 is 2.56 bits per heavy atom. The fourth-order valence-corrected chi connectivity index (χ4v) is 3.06. The van der Waals surface area contributed by atoms with Crippen molar-refractivity contribution in [3.05, 3.63) is 72.3 Å². The number of benzene rings is 1. The molecule has 1 atom stereocenters. The van der Waals surface area contributed by atoms with Crippen LogP contribution in [0.1, 0.15) is 10.5 Å². The van der Waals surface area contributed by atoms with Crippen molar-refractivity contribution in [1.82, 2.24) is 20.3 Å². The van der Waals surface area contributed by atoms with Crippen LogP contribution in [0.2, 0.25) is 0 Å². The van der Waals surface area contributed by atoms with E-state index < -0.39 is 24.7 Å². The third-order valence-electron chi connectivity index (χ3n) is 4.74. The molecule has 0 aliphatic carbocycles. The van der Waals surface area contributed by atoms with Crippen LogP contribution in [-0.2, 0) is 0 Å². The number of rotatable bonds is 5. The Kier molecular flexibility index (Phi) is 5.62. The smallest absolute Gasteiger partial charge is 0.382 e. The number of hydrogen-bond donors (Lipinski definition) is 3. The Bertz CT molecular complexity index is 1270. The van der Waals surface area contributed by atoms with E-state index >= 15 is 0 Å². The van der Waals surface area contributed by atoms with Gasteiger partial charge >= 0.3 is 6.18 Å². The number of carbonyl (C=O) groups is 1. The molecule has 0 spiro atoms. The highest BCUT2D eigenvalue weighted by Crippen LogP contribution is 2.27. The van der Waals surface area contributed by atoms with Gasteiger partial charge in [-0.25, -0.2) is 14.4 Å². The molecule has 0 radical (unpaired) electrons. The van der Waals surface area contributed by atoms with Crippen molar-refractivity contribution in [2.24, 2.45) is 0 Å². The summed E-state index contributed by atoms with van der Waals surface area (Å²) in [6, 6.07) is 14.2. The van der Waals surface area contributed by atoms with Crippen LogP contribution >= 0.6 is 0 Å². The summed E-state index contributed by atoms with van der Waals surface area (Å²) in [7, 11) is 0. The van der Waals surface area contributed by atoms with E-state index in [4.69, 9.17) is 5.11 Å². The van der Waals surface area contributed by atoms with E-state index in [1.807, 2.05) is 11.4 Å². The quantitative estimate of drug-likeness (QED) is 0.405. The zero-order valence-electron chi connectivity index (χ0n) is 16.3. The van der Waals surface area contributed by atoms with Gasteiger partial charge in [0.15, 0.2) is 6.10 Å². The molecule has 3 aromatic heterocycles. The predicted octanol–water partition coefficient (Wildman–Crippen LogP) is 4.08. The van der Waals surface area contributed by atoms with Crippen LogP contribution in [0.4, 0.5) is 17.6 Å². The highest BCUT2D eigenvalue weighted by molar-refractivity contribution is 5.93. The largest absolute Gasteiger partial charge is 0.416 e. The van der Waals surface area contributed by atoms with Gasteiger partial charge in [0.2, 0.25) is 0 Å². The van der Waals surface area contributed by atoms with Crippen LogP contribution in [0, 0.1) is 5.82 Å². The Morgan fingerprint density at radius 2 is 1.84 bits per heavy atom. The third-order valence-corrected chi connectivity index (χ3v) is 4.74. The minimum atomic E-state index is -4.83. The van der Waals surface area contributed by atoms with Crippen LogP contribution in [0.15, 0.2) is 60.8 Å². The third kappa shape index (κ3) is 4.59. The number of aliphatic hydroxyl groups is 1. The summed E-state index contributed by atoms with van der Waals surface area (Å²) >= 11 is 0. The number of amides is 1. The molecule has 6 nitrogen and oxygen atoms in total. The standard InChI is InChI=1S/C22H16F4N4O2/c23-15-6-4-12(5-7-15)18-9-13-8-14(10-27-20(13)30-18)16-2-1-3-17(29-16)21(32)28-11-19(31)22(24,25)26/h1-10,19,31H,11H2,(H,27,30)(H,28,32). The molecule has 0 saturated carbocycles. The van der Waals surface area contributed by atoms with Gasteiger partial charge < -0.3 is 15.4 Å². The Hall–Kier alpha value is -3.79. The molecule has 1 aromatic carbocycles. The Balaban J connectivity index is 1.56. The first kappa shape index (κ1) is 21.4. The molecule has 32 heavy (non-hydrogen) atoms. The highest BCUT2D eigenvalue weighted by atomic mass is 19.4. The minimum Gasteiger partial charge on any atom is -0.382 e. The number of aliphatic hydroxyl groups excluding tert-OH is 1. The molecule has 164 valence electrons. The van der Waals surface area contributed by atoms with Crippen molar-refractivity contribution < 1.29 is 27.5 Å². The zero-order chi connectivity index (χ0) is 22.9. The van der Waals surface area contributed by atoms with Crippen molar-refractivity contribution in [3.63, 3.8) is 0 Å². The summed E-state index contributed by atoms with van der Waals surface area (Å²) in [4.78, 5) is 23.9. The van der Waals surface area contributed by atoms with Gasteiger partial charge in [-0.2, -0.15) is 13.2 Å². The lowest BCUT2D eigenvalue weighted by molar-refractivity contribution is -0.201. The summed E-state index contributed by atoms with van der Waals surface area (Å²) in [5.74, 6) is -1.18. The number of nitrogens with one attached hydrogen (secondary N) is 2. The first-order valence-electron chi connectivity index (χ1n) is 9.46. The topological polar surface area (TPSA) is 90.9 Å². The first-order valence-corrected chi connectivity index (χ1v) is 9.46. The second-order valence-corrected chi connectivity index (χ2v) is 7.03. The lowest BCUT2D eigenvalue weighted by Crippen LogP contribution is -2.40. The fourth-order valence-electron chi connectivity index (χ4n) is 3.06. The summed E-state index contributed by atoms with van der Waals surface area (Å²) in [6.07, 6.45) is -5.94. The van der Waals surface area contributed by atoms with Crippen LogP contribution in [-0.4, -0.2) is 44.8 Å². The van der Waals surface area contributed by atoms with Gasteiger partial charge in [-0.15, -0.1) is 0 Å². The second kappa shape index (κ2) is 8.39. The van der Waals surface area contributed by atoms with E-state index in [1.54, 1.807) is 36.5 Å². The molecule has 1 unspecified atom stereocenters. The molecule has 4 rings (SSSR count). The predicted molar refractivity (Wildman–Crippen MR) is 109 cm³/mol. The summed E-state index contributed by atoms with van der Waals surface area (Å²) < 4.78 is 50.4. The maximum Gasteiger partial charge on any atom is 0.416 e. The molecule has 0 aliphatic heterocycles. The number of H-pyrrole nitrogens is 1. The number of carbonyl (C=O) groups excluding carboxylic acids is 1. The van der Waals surface area contributed by atoms with Gasteiger partial charge in [0.05, 0.1) is 12.2 Å². The van der Waals surface area contributed by atoms with Crippen molar-refractivity contribution in [1.29, 1.82) is 0 Å². The number of aromatic nitrogens is 3. The lowest BCUT2D eigenvalue weighted by Gasteiger charge is -2.14. The van der Waals surface area contributed by atoms with Crippen molar-refractivity contribution >= 4 is 16.9 Å². The maximum absolute atomic E-state index is 13.2. The van der Waals surface area contributed by atoms with Crippen molar-refractivity contribution in [2.45, 2.75) is 12.3 Å². The SMILES string of the molecule is O=C(NCC(O)C(F)(F)F)c1cccc(-c2cnc3[nH]c(-c4ccc(F)cc4)cc3c2)n1. The molecular weight excluding hydrogens is 428 g/mol. The van der Waals surface area contributed by atoms with Gasteiger partial charge in [-0.3, -0.25) is 4.79 Å².